The summed E-state index contributed by atoms with van der Waals surface area (Å²) in [7, 11) is 3.26. The lowest BCUT2D eigenvalue weighted by molar-refractivity contribution is -0.187. The number of piperidine rings is 1. The minimum Gasteiger partial charge on any atom is -0.347 e. The maximum absolute atomic E-state index is 12.4. The quantitative estimate of drug-likeness (QED) is 0.814. The van der Waals surface area contributed by atoms with Crippen molar-refractivity contribution in [3.05, 3.63) is 6.20 Å². The van der Waals surface area contributed by atoms with Gasteiger partial charge in [-0.05, 0) is 0 Å². The number of hydrogen-bond donors (Lipinski definition) is 1. The summed E-state index contributed by atoms with van der Waals surface area (Å²) in [6.07, 6.45) is 2.90. The van der Waals surface area contributed by atoms with Gasteiger partial charge in [0.05, 0.1) is 19.4 Å². The van der Waals surface area contributed by atoms with Crippen LogP contribution in [0.5, 0.6) is 0 Å². The molecule has 24 heavy (non-hydrogen) atoms. The molecule has 132 valence electrons. The minimum atomic E-state index is -0.492. The van der Waals surface area contributed by atoms with Crippen molar-refractivity contribution in [2.24, 2.45) is 0 Å². The highest BCUT2D eigenvalue weighted by Crippen LogP contribution is 2.31. The predicted molar refractivity (Wildman–Crippen MR) is 83.2 cm³/mol. The molecule has 0 aliphatic carbocycles. The van der Waals surface area contributed by atoms with Crippen LogP contribution in [0.2, 0.25) is 0 Å². The van der Waals surface area contributed by atoms with E-state index < -0.39 is 5.79 Å². The molecule has 1 aromatic heterocycles. The molecule has 1 aromatic rings. The van der Waals surface area contributed by atoms with Gasteiger partial charge in [0.2, 0.25) is 5.91 Å². The van der Waals surface area contributed by atoms with Crippen LogP contribution in [0.3, 0.4) is 0 Å². The summed E-state index contributed by atoms with van der Waals surface area (Å²) in [6, 6.07) is -0.300. The SMILES string of the molecule is CN(C)C(=O)Nc1cn(CC(=O)N2CCC3(CC2)OCCO3)nn1. The Labute approximate surface area is 139 Å². The average molecular weight is 338 g/mol. The Morgan fingerprint density at radius 3 is 2.58 bits per heavy atom. The molecule has 0 bridgehead atoms. The molecule has 0 radical (unpaired) electrons. The van der Waals surface area contributed by atoms with Gasteiger partial charge in [0.1, 0.15) is 6.54 Å². The van der Waals surface area contributed by atoms with E-state index >= 15 is 0 Å². The molecular formula is C14H22N6O4. The highest BCUT2D eigenvalue weighted by Gasteiger charge is 2.40. The Kier molecular flexibility index (Phi) is 4.67. The highest BCUT2D eigenvalue weighted by molar-refractivity contribution is 5.87. The molecule has 0 aromatic carbocycles. The number of amides is 3. The number of rotatable bonds is 3. The van der Waals surface area contributed by atoms with Gasteiger partial charge in [-0.15, -0.1) is 5.10 Å². The first kappa shape index (κ1) is 16.7. The van der Waals surface area contributed by atoms with Gasteiger partial charge in [-0.2, -0.15) is 0 Å². The predicted octanol–water partition coefficient (Wildman–Crippen LogP) is -0.263. The van der Waals surface area contributed by atoms with Crippen LogP contribution in [0.25, 0.3) is 0 Å². The summed E-state index contributed by atoms with van der Waals surface area (Å²) in [5.74, 6) is -0.224. The van der Waals surface area contributed by atoms with Crippen molar-refractivity contribution in [2.75, 3.05) is 45.7 Å². The van der Waals surface area contributed by atoms with E-state index in [1.807, 2.05) is 0 Å². The third-order valence-electron chi connectivity index (χ3n) is 4.17. The summed E-state index contributed by atoms with van der Waals surface area (Å²) in [5, 5.41) is 10.3. The van der Waals surface area contributed by atoms with E-state index in [1.54, 1.807) is 19.0 Å². The van der Waals surface area contributed by atoms with Crippen molar-refractivity contribution in [2.45, 2.75) is 25.2 Å². The topological polar surface area (TPSA) is 102 Å². The standard InChI is InChI=1S/C14H22N6O4/c1-18(2)13(22)15-11-9-20(17-16-11)10-12(21)19-5-3-14(4-6-19)23-7-8-24-14/h9H,3-8,10H2,1-2H3,(H,15,22). The number of nitrogens with zero attached hydrogens (tertiary/aromatic N) is 5. The molecule has 2 saturated heterocycles. The Balaban J connectivity index is 1.50. The molecule has 10 heteroatoms. The van der Waals surface area contributed by atoms with E-state index in [2.05, 4.69) is 15.6 Å². The minimum absolute atomic E-state index is 0.0433. The fourth-order valence-electron chi connectivity index (χ4n) is 2.78. The monoisotopic (exact) mass is 338 g/mol. The zero-order valence-corrected chi connectivity index (χ0v) is 13.9. The first-order valence-corrected chi connectivity index (χ1v) is 7.92. The van der Waals surface area contributed by atoms with Crippen LogP contribution in [0, 0.1) is 0 Å². The van der Waals surface area contributed by atoms with Crippen molar-refractivity contribution >= 4 is 17.8 Å². The number of likely N-dealkylation sites (tertiary alicyclic amines) is 1. The number of nitrogens with one attached hydrogen (secondary N) is 1. The van der Waals surface area contributed by atoms with E-state index in [1.165, 1.54) is 15.8 Å². The Bertz CT molecular complexity index is 600. The smallest absolute Gasteiger partial charge is 0.322 e. The lowest BCUT2D eigenvalue weighted by Crippen LogP contribution is -2.48. The number of carbonyl (C=O) groups is 2. The summed E-state index contributed by atoms with van der Waals surface area (Å²) in [6.45, 7) is 2.51. The number of hydrogen-bond acceptors (Lipinski definition) is 6. The zero-order valence-electron chi connectivity index (χ0n) is 13.9. The number of urea groups is 1. The fraction of sp³-hybridized carbons (Fsp3) is 0.714. The molecule has 0 atom stereocenters. The molecule has 0 saturated carbocycles. The summed E-state index contributed by atoms with van der Waals surface area (Å²) >= 11 is 0. The maximum atomic E-state index is 12.4. The average Bonchev–Trinajstić information content (AvgIpc) is 3.18. The fourth-order valence-corrected chi connectivity index (χ4v) is 2.78. The van der Waals surface area contributed by atoms with Gasteiger partial charge in [0.15, 0.2) is 11.6 Å². The molecule has 2 fully saturated rings. The summed E-state index contributed by atoms with van der Waals surface area (Å²) in [4.78, 5) is 27.1. The lowest BCUT2D eigenvalue weighted by atomic mass is 10.0. The van der Waals surface area contributed by atoms with Gasteiger partial charge in [-0.25, -0.2) is 9.48 Å². The summed E-state index contributed by atoms with van der Waals surface area (Å²) in [5.41, 5.74) is 0. The van der Waals surface area contributed by atoms with Gasteiger partial charge in [0, 0.05) is 40.0 Å². The Morgan fingerprint density at radius 2 is 1.96 bits per heavy atom. The van der Waals surface area contributed by atoms with Crippen LogP contribution in [-0.4, -0.2) is 82.9 Å². The van der Waals surface area contributed by atoms with Crippen molar-refractivity contribution in [3.8, 4) is 0 Å². The molecular weight excluding hydrogens is 316 g/mol. The number of anilines is 1. The van der Waals surface area contributed by atoms with E-state index in [0.29, 0.717) is 45.0 Å². The van der Waals surface area contributed by atoms with Crippen molar-refractivity contribution < 1.29 is 19.1 Å². The van der Waals surface area contributed by atoms with Crippen LogP contribution >= 0.6 is 0 Å². The number of ether oxygens (including phenoxy) is 2. The normalized spacial score (nSPS) is 19.5. The first-order chi connectivity index (χ1) is 11.5. The number of carbonyl (C=O) groups excluding carboxylic acids is 2. The van der Waals surface area contributed by atoms with E-state index in [9.17, 15) is 9.59 Å². The highest BCUT2D eigenvalue weighted by atomic mass is 16.7. The molecule has 0 unspecified atom stereocenters. The molecule has 3 rings (SSSR count). The number of aromatic nitrogens is 3. The van der Waals surface area contributed by atoms with Gasteiger partial charge in [-0.3, -0.25) is 10.1 Å². The summed E-state index contributed by atoms with van der Waals surface area (Å²) < 4.78 is 12.7. The second-order valence-electron chi connectivity index (χ2n) is 6.11. The van der Waals surface area contributed by atoms with Crippen molar-refractivity contribution in [1.82, 2.24) is 24.8 Å². The van der Waals surface area contributed by atoms with E-state index in [4.69, 9.17) is 9.47 Å². The van der Waals surface area contributed by atoms with Crippen LogP contribution in [0.1, 0.15) is 12.8 Å². The second kappa shape index (κ2) is 6.73. The largest absolute Gasteiger partial charge is 0.347 e. The van der Waals surface area contributed by atoms with Gasteiger partial charge >= 0.3 is 6.03 Å². The third kappa shape index (κ3) is 3.65. The molecule has 1 spiro atoms. The second-order valence-corrected chi connectivity index (χ2v) is 6.11. The molecule has 3 amide bonds. The van der Waals surface area contributed by atoms with E-state index in [0.717, 1.165) is 0 Å². The molecule has 10 nitrogen and oxygen atoms in total. The first-order valence-electron chi connectivity index (χ1n) is 7.92. The molecule has 2 aliphatic heterocycles. The Morgan fingerprint density at radius 1 is 1.29 bits per heavy atom. The van der Waals surface area contributed by atoms with Crippen LogP contribution in [0.4, 0.5) is 10.6 Å². The van der Waals surface area contributed by atoms with E-state index in [-0.39, 0.29) is 18.5 Å². The Hall–Kier alpha value is -2.20. The van der Waals surface area contributed by atoms with Gasteiger partial charge < -0.3 is 19.3 Å². The zero-order chi connectivity index (χ0) is 17.2. The lowest BCUT2D eigenvalue weighted by Gasteiger charge is -2.37. The van der Waals surface area contributed by atoms with Crippen molar-refractivity contribution in [3.63, 3.8) is 0 Å². The molecule has 1 N–H and O–H groups in total. The van der Waals surface area contributed by atoms with Crippen LogP contribution in [0.15, 0.2) is 6.20 Å². The van der Waals surface area contributed by atoms with Crippen LogP contribution < -0.4 is 5.32 Å². The van der Waals surface area contributed by atoms with Crippen molar-refractivity contribution in [1.29, 1.82) is 0 Å². The molecule has 2 aliphatic rings. The van der Waals surface area contributed by atoms with Gasteiger partial charge in [0.25, 0.3) is 0 Å². The van der Waals surface area contributed by atoms with Gasteiger partial charge in [-0.1, -0.05) is 5.21 Å². The maximum Gasteiger partial charge on any atom is 0.322 e. The third-order valence-corrected chi connectivity index (χ3v) is 4.17. The van der Waals surface area contributed by atoms with Crippen LogP contribution in [-0.2, 0) is 20.8 Å². The molecule has 3 heterocycles.